The first-order chi connectivity index (χ1) is 20.1. The first-order valence-electron chi connectivity index (χ1n) is 14.9. The first kappa shape index (κ1) is 27.4. The fraction of sp³-hybridized carbons (Fsp3) is 0.211. The van der Waals surface area contributed by atoms with Gasteiger partial charge in [0.05, 0.1) is 11.6 Å². The van der Waals surface area contributed by atoms with Gasteiger partial charge in [0, 0.05) is 12.6 Å². The van der Waals surface area contributed by atoms with Crippen molar-refractivity contribution in [2.75, 3.05) is 6.54 Å². The van der Waals surface area contributed by atoms with Gasteiger partial charge in [-0.3, -0.25) is 4.90 Å². The average molecular weight is 554 g/mol. The minimum absolute atomic E-state index is 0.0230. The average Bonchev–Trinajstić information content (AvgIpc) is 3.54. The molecule has 0 saturated carbocycles. The Morgan fingerprint density at radius 3 is 1.39 bits per heavy atom. The molecule has 1 heterocycles. The van der Waals surface area contributed by atoms with E-state index in [4.69, 9.17) is 0 Å². The molecule has 1 saturated heterocycles. The second-order valence-electron chi connectivity index (χ2n) is 11.5. The van der Waals surface area contributed by atoms with Crippen molar-refractivity contribution in [1.82, 2.24) is 4.90 Å². The van der Waals surface area contributed by atoms with E-state index in [9.17, 15) is 5.11 Å². The molecule has 0 amide bonds. The van der Waals surface area contributed by atoms with E-state index in [0.717, 1.165) is 25.4 Å². The Kier molecular flexibility index (Phi) is 8.02. The molecule has 3 heteroatoms. The lowest BCUT2D eigenvalue weighted by molar-refractivity contribution is 0.0431. The van der Waals surface area contributed by atoms with Gasteiger partial charge in [0.15, 0.2) is 0 Å². The Balaban J connectivity index is 1.48. The van der Waals surface area contributed by atoms with E-state index in [0.29, 0.717) is 0 Å². The van der Waals surface area contributed by atoms with Gasteiger partial charge in [0.2, 0.25) is 0 Å². The summed E-state index contributed by atoms with van der Waals surface area (Å²) in [5.74, 6) is 0. The van der Waals surface area contributed by atoms with E-state index in [-0.39, 0.29) is 6.04 Å². The van der Waals surface area contributed by atoms with Gasteiger partial charge in [0.25, 0.3) is 0 Å². The van der Waals surface area contributed by atoms with Crippen LogP contribution in [-0.2, 0) is 5.54 Å². The summed E-state index contributed by atoms with van der Waals surface area (Å²) in [4.78, 5) is 2.63. The van der Waals surface area contributed by atoms with Crippen molar-refractivity contribution >= 4 is 18.4 Å². The van der Waals surface area contributed by atoms with Gasteiger partial charge in [-0.15, -0.1) is 0 Å². The maximum absolute atomic E-state index is 12.4. The number of nitrogens with zero attached hydrogens (tertiary/aromatic N) is 1. The Labute approximate surface area is 246 Å². The van der Waals surface area contributed by atoms with Crippen molar-refractivity contribution in [3.05, 3.63) is 168 Å². The van der Waals surface area contributed by atoms with Crippen molar-refractivity contribution in [3.8, 4) is 0 Å². The highest BCUT2D eigenvalue weighted by Gasteiger charge is 2.49. The fourth-order valence-corrected chi connectivity index (χ4v) is 11.0. The molecule has 2 nitrogen and oxygen atoms in total. The lowest BCUT2D eigenvalue weighted by atomic mass is 9.75. The second kappa shape index (κ2) is 12.0. The number of likely N-dealkylation sites (tertiary alicyclic amines) is 1. The van der Waals surface area contributed by atoms with Crippen LogP contribution in [0.2, 0.25) is 12.6 Å². The summed E-state index contributed by atoms with van der Waals surface area (Å²) in [7, 11) is -2.24. The van der Waals surface area contributed by atoms with Crippen LogP contribution in [0.3, 0.4) is 0 Å². The molecule has 5 aromatic rings. The molecule has 5 aromatic carbocycles. The molecule has 1 fully saturated rings. The third-order valence-electron chi connectivity index (χ3n) is 9.19. The van der Waals surface area contributed by atoms with Crippen LogP contribution in [0, 0.1) is 0 Å². The van der Waals surface area contributed by atoms with Crippen molar-refractivity contribution in [2.24, 2.45) is 0 Å². The van der Waals surface area contributed by atoms with E-state index in [1.165, 1.54) is 27.1 Å². The molecule has 206 valence electrons. The van der Waals surface area contributed by atoms with Crippen LogP contribution in [0.5, 0.6) is 0 Å². The SMILES string of the molecule is C[Si](C[C@H](O)[C@@H]1CCCN1C(c1ccccc1)(c1ccccc1)c1ccccc1)(c1ccccc1)c1ccccc1. The number of aliphatic hydroxyl groups is 1. The number of hydrogen-bond acceptors (Lipinski definition) is 2. The minimum Gasteiger partial charge on any atom is -0.392 e. The maximum Gasteiger partial charge on any atom is 0.117 e. The zero-order chi connectivity index (χ0) is 28.1. The van der Waals surface area contributed by atoms with E-state index in [1.807, 2.05) is 0 Å². The maximum atomic E-state index is 12.4. The summed E-state index contributed by atoms with van der Waals surface area (Å²) in [5, 5.41) is 15.1. The zero-order valence-corrected chi connectivity index (χ0v) is 24.8. The Bertz CT molecular complexity index is 1370. The molecular formula is C38H39NOSi. The highest BCUT2D eigenvalue weighted by molar-refractivity contribution is 7.01. The van der Waals surface area contributed by atoms with E-state index >= 15 is 0 Å². The third kappa shape index (κ3) is 5.10. The molecule has 1 aliphatic rings. The van der Waals surface area contributed by atoms with Crippen molar-refractivity contribution in [3.63, 3.8) is 0 Å². The molecule has 2 atom stereocenters. The lowest BCUT2D eigenvalue weighted by Crippen LogP contribution is -2.60. The molecule has 0 bridgehead atoms. The van der Waals surface area contributed by atoms with E-state index in [2.05, 4.69) is 163 Å². The van der Waals surface area contributed by atoms with E-state index in [1.54, 1.807) is 0 Å². The van der Waals surface area contributed by atoms with Gasteiger partial charge in [0.1, 0.15) is 8.07 Å². The number of aliphatic hydroxyl groups excluding tert-OH is 1. The molecular weight excluding hydrogens is 515 g/mol. The van der Waals surface area contributed by atoms with Gasteiger partial charge in [-0.1, -0.05) is 169 Å². The molecule has 0 spiro atoms. The molecule has 41 heavy (non-hydrogen) atoms. The second-order valence-corrected chi connectivity index (χ2v) is 15.8. The van der Waals surface area contributed by atoms with Crippen LogP contribution < -0.4 is 10.4 Å². The normalized spacial score (nSPS) is 16.9. The molecule has 1 aliphatic heterocycles. The standard InChI is InChI=1S/C38H39NOSi/c1-41(34-24-13-5-14-25-34,35-26-15-6-16-27-35)30-37(40)36-28-17-29-39(36)38(31-18-7-2-8-19-31,32-20-9-3-10-21-32)33-22-11-4-12-23-33/h2-16,18-27,36-37,40H,17,28-30H2,1H3/t36-,37-/m0/s1. The van der Waals surface area contributed by atoms with Crippen molar-refractivity contribution < 1.29 is 5.11 Å². The summed E-state index contributed by atoms with van der Waals surface area (Å²) in [6, 6.07) is 55.3. The summed E-state index contributed by atoms with van der Waals surface area (Å²) in [5.41, 5.74) is 3.21. The molecule has 1 N–H and O–H groups in total. The van der Waals surface area contributed by atoms with Gasteiger partial charge in [-0.25, -0.2) is 0 Å². The molecule has 0 aromatic heterocycles. The number of rotatable bonds is 9. The highest BCUT2D eigenvalue weighted by Crippen LogP contribution is 2.46. The largest absolute Gasteiger partial charge is 0.392 e. The van der Waals surface area contributed by atoms with Crippen LogP contribution in [-0.4, -0.2) is 36.8 Å². The predicted octanol–water partition coefficient (Wildman–Crippen LogP) is 6.70. The number of hydrogen-bond donors (Lipinski definition) is 1. The summed E-state index contributed by atoms with van der Waals surface area (Å²) in [6.07, 6.45) is 1.57. The van der Waals surface area contributed by atoms with Gasteiger partial charge >= 0.3 is 0 Å². The third-order valence-corrected chi connectivity index (χ3v) is 13.6. The quantitative estimate of drug-likeness (QED) is 0.162. The summed E-state index contributed by atoms with van der Waals surface area (Å²) >= 11 is 0. The van der Waals surface area contributed by atoms with E-state index < -0.39 is 19.7 Å². The monoisotopic (exact) mass is 553 g/mol. The fourth-order valence-electron chi connectivity index (χ4n) is 7.21. The van der Waals surface area contributed by atoms with Crippen LogP contribution in [0.1, 0.15) is 29.5 Å². The summed E-state index contributed by atoms with van der Waals surface area (Å²) < 4.78 is 0. The van der Waals surface area contributed by atoms with Crippen LogP contribution in [0.4, 0.5) is 0 Å². The smallest absolute Gasteiger partial charge is 0.117 e. The lowest BCUT2D eigenvalue weighted by Gasteiger charge is -2.48. The van der Waals surface area contributed by atoms with Gasteiger partial charge in [-0.2, -0.15) is 0 Å². The Hall–Kier alpha value is -3.76. The van der Waals surface area contributed by atoms with Crippen LogP contribution in [0.25, 0.3) is 0 Å². The molecule has 6 rings (SSSR count). The first-order valence-corrected chi connectivity index (χ1v) is 17.6. The Morgan fingerprint density at radius 2 is 1.00 bits per heavy atom. The topological polar surface area (TPSA) is 23.5 Å². The van der Waals surface area contributed by atoms with Crippen LogP contribution in [0.15, 0.2) is 152 Å². The molecule has 0 aliphatic carbocycles. The summed E-state index contributed by atoms with van der Waals surface area (Å²) in [6.45, 7) is 3.36. The minimum atomic E-state index is -2.24. The predicted molar refractivity (Wildman–Crippen MR) is 174 cm³/mol. The highest BCUT2D eigenvalue weighted by atomic mass is 28.3. The molecule has 0 radical (unpaired) electrons. The molecule has 0 unspecified atom stereocenters. The van der Waals surface area contributed by atoms with Gasteiger partial charge < -0.3 is 5.11 Å². The number of benzene rings is 5. The zero-order valence-electron chi connectivity index (χ0n) is 23.8. The van der Waals surface area contributed by atoms with Gasteiger partial charge in [-0.05, 0) is 35.6 Å². The van der Waals surface area contributed by atoms with Crippen molar-refractivity contribution in [1.29, 1.82) is 0 Å². The van der Waals surface area contributed by atoms with Crippen LogP contribution >= 0.6 is 0 Å². The van der Waals surface area contributed by atoms with Crippen molar-refractivity contribution in [2.45, 2.75) is 43.1 Å². The Morgan fingerprint density at radius 1 is 0.634 bits per heavy atom.